The van der Waals surface area contributed by atoms with Crippen LogP contribution in [0.4, 0.5) is 5.69 Å². The summed E-state index contributed by atoms with van der Waals surface area (Å²) >= 11 is 0. The first-order chi connectivity index (χ1) is 9.93. The van der Waals surface area contributed by atoms with Gasteiger partial charge in [0, 0.05) is 12.1 Å². The summed E-state index contributed by atoms with van der Waals surface area (Å²) < 4.78 is 0. The molecule has 112 valence electrons. The minimum Gasteiger partial charge on any atom is -0.481 e. The number of carboxylic acids is 2. The maximum atomic E-state index is 12.0. The van der Waals surface area contributed by atoms with Gasteiger partial charge in [0.25, 0.3) is 0 Å². The molecule has 0 unspecified atom stereocenters. The van der Waals surface area contributed by atoms with E-state index in [2.05, 4.69) is 5.32 Å². The van der Waals surface area contributed by atoms with Crippen molar-refractivity contribution >= 4 is 23.5 Å². The van der Waals surface area contributed by atoms with E-state index in [0.29, 0.717) is 18.5 Å². The largest absolute Gasteiger partial charge is 0.481 e. The van der Waals surface area contributed by atoms with Gasteiger partial charge in [0.1, 0.15) is 0 Å². The molecule has 0 aliphatic heterocycles. The Morgan fingerprint density at radius 2 is 1.62 bits per heavy atom. The molecule has 1 aliphatic rings. The van der Waals surface area contributed by atoms with Crippen LogP contribution in [0.15, 0.2) is 24.3 Å². The molecule has 0 bridgehead atoms. The van der Waals surface area contributed by atoms with E-state index in [9.17, 15) is 19.5 Å². The van der Waals surface area contributed by atoms with Crippen LogP contribution >= 0.6 is 0 Å². The average Bonchev–Trinajstić information content (AvgIpc) is 2.89. The second kappa shape index (κ2) is 5.95. The second-order valence-corrected chi connectivity index (χ2v) is 5.40. The predicted molar refractivity (Wildman–Crippen MR) is 75.2 cm³/mol. The summed E-state index contributed by atoms with van der Waals surface area (Å²) in [5.41, 5.74) is -0.361. The topological polar surface area (TPSA) is 104 Å². The number of nitrogens with one attached hydrogen (secondary N) is 1. The zero-order valence-corrected chi connectivity index (χ0v) is 11.5. The Labute approximate surface area is 121 Å². The number of carbonyl (C=O) groups excluding carboxylic acids is 1. The molecule has 6 heteroatoms. The zero-order chi connectivity index (χ0) is 15.5. The van der Waals surface area contributed by atoms with Crippen LogP contribution in [0.2, 0.25) is 0 Å². The fraction of sp³-hybridized carbons (Fsp3) is 0.400. The Balaban J connectivity index is 2.01. The number of hydrogen-bond donors (Lipinski definition) is 3. The van der Waals surface area contributed by atoms with Crippen LogP contribution < -0.4 is 5.32 Å². The smallest absolute Gasteiger partial charge is 0.335 e. The van der Waals surface area contributed by atoms with Gasteiger partial charge < -0.3 is 15.5 Å². The van der Waals surface area contributed by atoms with Crippen molar-refractivity contribution in [3.63, 3.8) is 0 Å². The van der Waals surface area contributed by atoms with E-state index < -0.39 is 17.4 Å². The number of rotatable bonds is 5. The van der Waals surface area contributed by atoms with Gasteiger partial charge in [-0.25, -0.2) is 4.79 Å². The Bertz CT molecular complexity index is 558. The lowest BCUT2D eigenvalue weighted by Crippen LogP contribution is -2.32. The first-order valence-electron chi connectivity index (χ1n) is 6.80. The van der Waals surface area contributed by atoms with Crippen LogP contribution in [0, 0.1) is 5.41 Å². The third-order valence-electron chi connectivity index (χ3n) is 3.93. The average molecular weight is 291 g/mol. The Kier molecular flexibility index (Phi) is 4.26. The van der Waals surface area contributed by atoms with E-state index in [1.807, 2.05) is 0 Å². The highest BCUT2D eigenvalue weighted by molar-refractivity contribution is 5.95. The van der Waals surface area contributed by atoms with E-state index >= 15 is 0 Å². The van der Waals surface area contributed by atoms with Gasteiger partial charge >= 0.3 is 11.9 Å². The van der Waals surface area contributed by atoms with Crippen molar-refractivity contribution in [1.82, 2.24) is 0 Å². The van der Waals surface area contributed by atoms with Crippen LogP contribution in [-0.2, 0) is 9.59 Å². The van der Waals surface area contributed by atoms with Crippen molar-refractivity contribution in [2.24, 2.45) is 5.41 Å². The molecule has 1 amide bonds. The highest BCUT2D eigenvalue weighted by Gasteiger charge is 2.42. The fourth-order valence-electron chi connectivity index (χ4n) is 2.73. The van der Waals surface area contributed by atoms with Crippen molar-refractivity contribution in [2.45, 2.75) is 32.1 Å². The molecule has 6 nitrogen and oxygen atoms in total. The molecule has 3 N–H and O–H groups in total. The quantitative estimate of drug-likeness (QED) is 0.772. The highest BCUT2D eigenvalue weighted by Crippen LogP contribution is 2.41. The van der Waals surface area contributed by atoms with E-state index in [4.69, 9.17) is 5.11 Å². The van der Waals surface area contributed by atoms with Crippen molar-refractivity contribution < 1.29 is 24.6 Å². The fourth-order valence-corrected chi connectivity index (χ4v) is 2.73. The van der Waals surface area contributed by atoms with Crippen LogP contribution in [0.25, 0.3) is 0 Å². The number of aromatic carboxylic acids is 1. The molecule has 21 heavy (non-hydrogen) atoms. The number of carboxylic acid groups (broad SMARTS) is 2. The van der Waals surface area contributed by atoms with Gasteiger partial charge in [-0.3, -0.25) is 9.59 Å². The van der Waals surface area contributed by atoms with Gasteiger partial charge in [-0.2, -0.15) is 0 Å². The normalized spacial score (nSPS) is 16.4. The summed E-state index contributed by atoms with van der Waals surface area (Å²) in [6.45, 7) is 0. The summed E-state index contributed by atoms with van der Waals surface area (Å²) in [5.74, 6) is -2.32. The first-order valence-corrected chi connectivity index (χ1v) is 6.80. The van der Waals surface area contributed by atoms with Crippen molar-refractivity contribution in [1.29, 1.82) is 0 Å². The van der Waals surface area contributed by atoms with Crippen molar-refractivity contribution in [3.05, 3.63) is 29.8 Å². The molecule has 0 radical (unpaired) electrons. The lowest BCUT2D eigenvalue weighted by molar-refractivity contribution is -0.150. The first kappa shape index (κ1) is 15.0. The maximum absolute atomic E-state index is 12.0. The highest BCUT2D eigenvalue weighted by atomic mass is 16.4. The third-order valence-corrected chi connectivity index (χ3v) is 3.93. The third kappa shape index (κ3) is 3.39. The van der Waals surface area contributed by atoms with Crippen LogP contribution in [-0.4, -0.2) is 28.1 Å². The molecule has 1 aliphatic carbocycles. The summed E-state index contributed by atoms with van der Waals surface area (Å²) in [6.07, 6.45) is 2.64. The van der Waals surface area contributed by atoms with Crippen molar-refractivity contribution in [3.8, 4) is 0 Å². The Hall–Kier alpha value is -2.37. The van der Waals surface area contributed by atoms with E-state index in [1.165, 1.54) is 24.3 Å². The SMILES string of the molecule is O=C(CC1(C(=O)O)CCCC1)Nc1ccc(C(=O)O)cc1. The van der Waals surface area contributed by atoms with Gasteiger partial charge in [0.05, 0.1) is 11.0 Å². The summed E-state index contributed by atoms with van der Waals surface area (Å²) in [5, 5.41) is 20.7. The molecule has 2 rings (SSSR count). The van der Waals surface area contributed by atoms with E-state index in [0.717, 1.165) is 12.8 Å². The van der Waals surface area contributed by atoms with Gasteiger partial charge in [-0.05, 0) is 37.1 Å². The molecule has 1 fully saturated rings. The second-order valence-electron chi connectivity index (χ2n) is 5.40. The summed E-state index contributed by atoms with van der Waals surface area (Å²) in [7, 11) is 0. The number of hydrogen-bond acceptors (Lipinski definition) is 3. The van der Waals surface area contributed by atoms with Gasteiger partial charge in [0.15, 0.2) is 0 Å². The number of aliphatic carboxylic acids is 1. The van der Waals surface area contributed by atoms with E-state index in [-0.39, 0.29) is 17.9 Å². The minimum absolute atomic E-state index is 0.0526. The molecule has 1 saturated carbocycles. The molecule has 0 heterocycles. The molecular formula is C15H17NO5. The van der Waals surface area contributed by atoms with Gasteiger partial charge in [0.2, 0.25) is 5.91 Å². The zero-order valence-electron chi connectivity index (χ0n) is 11.5. The molecule has 1 aromatic carbocycles. The number of amides is 1. The standard InChI is InChI=1S/C15H17NO5/c17-12(9-15(14(20)21)7-1-2-8-15)16-11-5-3-10(4-6-11)13(18)19/h3-6H,1-2,7-9H2,(H,16,17)(H,18,19)(H,20,21). The maximum Gasteiger partial charge on any atom is 0.335 e. The molecule has 0 spiro atoms. The van der Waals surface area contributed by atoms with Gasteiger partial charge in [-0.15, -0.1) is 0 Å². The predicted octanol–water partition coefficient (Wildman–Crippen LogP) is 2.36. The molecule has 0 saturated heterocycles. The van der Waals surface area contributed by atoms with Crippen LogP contribution in [0.5, 0.6) is 0 Å². The summed E-state index contributed by atoms with van der Waals surface area (Å²) in [6, 6.07) is 5.76. The van der Waals surface area contributed by atoms with Crippen molar-refractivity contribution in [2.75, 3.05) is 5.32 Å². The lowest BCUT2D eigenvalue weighted by atomic mass is 9.82. The number of carbonyl (C=O) groups is 3. The van der Waals surface area contributed by atoms with Crippen LogP contribution in [0.3, 0.4) is 0 Å². The monoisotopic (exact) mass is 291 g/mol. The molecular weight excluding hydrogens is 274 g/mol. The number of anilines is 1. The van der Waals surface area contributed by atoms with Gasteiger partial charge in [-0.1, -0.05) is 12.8 Å². The molecule has 1 aromatic rings. The molecule has 0 atom stereocenters. The lowest BCUT2D eigenvalue weighted by Gasteiger charge is -2.22. The minimum atomic E-state index is -1.04. The van der Waals surface area contributed by atoms with E-state index in [1.54, 1.807) is 0 Å². The Morgan fingerprint density at radius 3 is 2.10 bits per heavy atom. The van der Waals surface area contributed by atoms with Crippen LogP contribution in [0.1, 0.15) is 42.5 Å². The summed E-state index contributed by atoms with van der Waals surface area (Å²) in [4.78, 5) is 34.1. The number of benzene rings is 1. The molecule has 0 aromatic heterocycles. The Morgan fingerprint density at radius 1 is 1.05 bits per heavy atom.